The van der Waals surface area contributed by atoms with Gasteiger partial charge in [-0.15, -0.1) is 0 Å². The summed E-state index contributed by atoms with van der Waals surface area (Å²) in [6, 6.07) is 68.4. The van der Waals surface area contributed by atoms with Gasteiger partial charge in [-0.1, -0.05) is 176 Å². The van der Waals surface area contributed by atoms with Crippen molar-refractivity contribution in [2.75, 3.05) is 0 Å². The first-order valence-corrected chi connectivity index (χ1v) is 21.2. The van der Waals surface area contributed by atoms with Gasteiger partial charge < -0.3 is 4.57 Å². The van der Waals surface area contributed by atoms with Crippen LogP contribution in [0.1, 0.15) is 0 Å². The van der Waals surface area contributed by atoms with E-state index < -0.39 is 7.14 Å². The highest BCUT2D eigenvalue weighted by molar-refractivity contribution is 7.85. The van der Waals surface area contributed by atoms with Crippen LogP contribution in [-0.2, 0) is 4.57 Å². The molecule has 8 aromatic carbocycles. The second-order valence-corrected chi connectivity index (χ2v) is 17.5. The highest BCUT2D eigenvalue weighted by Crippen LogP contribution is 2.45. The van der Waals surface area contributed by atoms with Crippen molar-refractivity contribution in [2.45, 2.75) is 0 Å². The maximum Gasteiger partial charge on any atom is 0.171 e. The van der Waals surface area contributed by atoms with Crippen LogP contribution in [0.4, 0.5) is 0 Å². The standard InChI is InChI=1S/C53H34N3OP/c57-58(40-13-3-1-4-14-40,41-15-5-2-6-16-41)42-30-27-38(28-31-42)51-47-34-46(43-17-7-8-18-44(43)50(47)45-19-9-10-20-49(45)56-51)35-21-23-36(24-22-35)48-32-29-39-26-25-37-12-11-33-54-52(37)53(39)55-48/h1-34H. The van der Waals surface area contributed by atoms with Gasteiger partial charge in [-0.25, -0.2) is 9.97 Å². The van der Waals surface area contributed by atoms with Crippen molar-refractivity contribution in [3.8, 4) is 33.6 Å². The largest absolute Gasteiger partial charge is 0.309 e. The zero-order chi connectivity index (χ0) is 38.6. The molecular weight excluding hydrogens is 726 g/mol. The van der Waals surface area contributed by atoms with E-state index in [9.17, 15) is 0 Å². The quantitative estimate of drug-likeness (QED) is 0.125. The molecule has 0 atom stereocenters. The molecule has 0 saturated carbocycles. The Kier molecular flexibility index (Phi) is 8.06. The average molecular weight is 760 g/mol. The van der Waals surface area contributed by atoms with Crippen LogP contribution in [0, 0.1) is 0 Å². The fourth-order valence-electron chi connectivity index (χ4n) is 8.53. The predicted octanol–water partition coefficient (Wildman–Crippen LogP) is 12.3. The average Bonchev–Trinajstić information content (AvgIpc) is 3.31. The topological polar surface area (TPSA) is 55.7 Å². The Labute approximate surface area is 335 Å². The van der Waals surface area contributed by atoms with Crippen molar-refractivity contribution >= 4 is 77.3 Å². The molecule has 0 N–H and O–H groups in total. The van der Waals surface area contributed by atoms with E-state index in [1.807, 2.05) is 91.1 Å². The predicted molar refractivity (Wildman–Crippen MR) is 243 cm³/mol. The van der Waals surface area contributed by atoms with Crippen molar-refractivity contribution in [1.29, 1.82) is 0 Å². The molecule has 0 unspecified atom stereocenters. The summed E-state index contributed by atoms with van der Waals surface area (Å²) >= 11 is 0. The Bertz CT molecular complexity index is 3360. The van der Waals surface area contributed by atoms with Gasteiger partial charge in [-0.3, -0.25) is 4.98 Å². The van der Waals surface area contributed by atoms with E-state index in [4.69, 9.17) is 9.97 Å². The summed E-state index contributed by atoms with van der Waals surface area (Å²) in [5.74, 6) is 0. The Morgan fingerprint density at radius 2 is 0.966 bits per heavy atom. The van der Waals surface area contributed by atoms with E-state index in [2.05, 4.69) is 120 Å². The van der Waals surface area contributed by atoms with Gasteiger partial charge in [-0.05, 0) is 46.2 Å². The van der Waals surface area contributed by atoms with Crippen LogP contribution >= 0.6 is 7.14 Å². The van der Waals surface area contributed by atoms with E-state index in [-0.39, 0.29) is 0 Å². The molecule has 0 spiro atoms. The van der Waals surface area contributed by atoms with Gasteiger partial charge in [0.05, 0.1) is 27.9 Å². The van der Waals surface area contributed by atoms with Gasteiger partial charge in [0.2, 0.25) is 0 Å². The number of rotatable bonds is 6. The van der Waals surface area contributed by atoms with Gasteiger partial charge in [-0.2, -0.15) is 0 Å². The highest BCUT2D eigenvalue weighted by Gasteiger charge is 2.29. The fourth-order valence-corrected chi connectivity index (χ4v) is 11.2. The third kappa shape index (κ3) is 5.53. The second-order valence-electron chi connectivity index (χ2n) is 14.7. The number of para-hydroxylation sites is 1. The monoisotopic (exact) mass is 759 g/mol. The van der Waals surface area contributed by atoms with Gasteiger partial charge in [0, 0.05) is 60.2 Å². The third-order valence-corrected chi connectivity index (χ3v) is 14.4. The summed E-state index contributed by atoms with van der Waals surface area (Å²) in [5.41, 5.74) is 8.79. The van der Waals surface area contributed by atoms with Gasteiger partial charge in [0.25, 0.3) is 0 Å². The summed E-state index contributed by atoms with van der Waals surface area (Å²) in [7, 11) is -3.13. The molecule has 58 heavy (non-hydrogen) atoms. The smallest absolute Gasteiger partial charge is 0.171 e. The van der Waals surface area contributed by atoms with Crippen LogP contribution in [0.25, 0.3) is 87.9 Å². The van der Waals surface area contributed by atoms with Crippen LogP contribution in [0.15, 0.2) is 206 Å². The first-order valence-electron chi connectivity index (χ1n) is 19.5. The number of hydrogen-bond acceptors (Lipinski definition) is 4. The normalized spacial score (nSPS) is 11.9. The molecule has 0 aliphatic carbocycles. The van der Waals surface area contributed by atoms with E-state index in [0.717, 1.165) is 87.7 Å². The number of hydrogen-bond donors (Lipinski definition) is 0. The lowest BCUT2D eigenvalue weighted by atomic mass is 9.89. The van der Waals surface area contributed by atoms with Crippen LogP contribution in [0.3, 0.4) is 0 Å². The molecule has 272 valence electrons. The van der Waals surface area contributed by atoms with Crippen LogP contribution < -0.4 is 15.9 Å². The van der Waals surface area contributed by atoms with Crippen molar-refractivity contribution in [3.63, 3.8) is 0 Å². The van der Waals surface area contributed by atoms with Crippen LogP contribution in [0.2, 0.25) is 0 Å². The molecule has 0 radical (unpaired) electrons. The lowest BCUT2D eigenvalue weighted by Crippen LogP contribution is -2.24. The minimum absolute atomic E-state index is 0.787. The SMILES string of the molecule is O=P(c1ccccc1)(c1ccccc1)c1ccc(-c2nc3ccccc3c3c2cc(-c2ccc(-c4ccc5ccc6cccnc6c5n4)cc2)c2ccccc23)cc1. The summed E-state index contributed by atoms with van der Waals surface area (Å²) in [6.07, 6.45) is 1.83. The lowest BCUT2D eigenvalue weighted by Gasteiger charge is -2.20. The Morgan fingerprint density at radius 3 is 1.69 bits per heavy atom. The number of aromatic nitrogens is 3. The maximum absolute atomic E-state index is 15.2. The molecule has 3 aromatic heterocycles. The van der Waals surface area contributed by atoms with E-state index in [1.165, 1.54) is 16.2 Å². The number of benzene rings is 8. The minimum Gasteiger partial charge on any atom is -0.309 e. The summed E-state index contributed by atoms with van der Waals surface area (Å²) < 4.78 is 15.2. The summed E-state index contributed by atoms with van der Waals surface area (Å²) in [5, 5.41) is 10.2. The summed E-state index contributed by atoms with van der Waals surface area (Å²) in [4.78, 5) is 15.1. The molecule has 0 amide bonds. The fraction of sp³-hybridized carbons (Fsp3) is 0. The molecule has 0 aliphatic heterocycles. The van der Waals surface area contributed by atoms with Crippen LogP contribution in [0.5, 0.6) is 0 Å². The molecule has 0 bridgehead atoms. The van der Waals surface area contributed by atoms with Gasteiger partial charge in [0.1, 0.15) is 0 Å². The van der Waals surface area contributed by atoms with Gasteiger partial charge >= 0.3 is 0 Å². The number of pyridine rings is 3. The number of fused-ring (bicyclic) bond motifs is 8. The molecule has 4 nitrogen and oxygen atoms in total. The summed E-state index contributed by atoms with van der Waals surface area (Å²) in [6.45, 7) is 0. The first kappa shape index (κ1) is 34.0. The van der Waals surface area contributed by atoms with Crippen molar-refractivity contribution < 1.29 is 4.57 Å². The molecule has 11 aromatic rings. The Hall–Kier alpha value is -7.26. The molecule has 3 heterocycles. The van der Waals surface area contributed by atoms with E-state index in [0.29, 0.717) is 0 Å². The van der Waals surface area contributed by atoms with Crippen LogP contribution in [-0.4, -0.2) is 15.0 Å². The molecule has 0 saturated heterocycles. The molecule has 11 rings (SSSR count). The van der Waals surface area contributed by atoms with Gasteiger partial charge in [0.15, 0.2) is 7.14 Å². The zero-order valence-corrected chi connectivity index (χ0v) is 32.2. The highest BCUT2D eigenvalue weighted by atomic mass is 31.2. The van der Waals surface area contributed by atoms with E-state index >= 15 is 4.57 Å². The Balaban J connectivity index is 1.07. The second kappa shape index (κ2) is 13.7. The van der Waals surface area contributed by atoms with E-state index in [1.54, 1.807) is 0 Å². The maximum atomic E-state index is 15.2. The first-order chi connectivity index (χ1) is 28.6. The molecular formula is C53H34N3OP. The molecule has 5 heteroatoms. The lowest BCUT2D eigenvalue weighted by molar-refractivity contribution is 0.592. The van der Waals surface area contributed by atoms with Crippen molar-refractivity contribution in [2.24, 2.45) is 0 Å². The third-order valence-electron chi connectivity index (χ3n) is 11.4. The van der Waals surface area contributed by atoms with Crippen molar-refractivity contribution in [1.82, 2.24) is 15.0 Å². The minimum atomic E-state index is -3.13. The zero-order valence-electron chi connectivity index (χ0n) is 31.3. The van der Waals surface area contributed by atoms with Crippen molar-refractivity contribution in [3.05, 3.63) is 206 Å². The molecule has 0 aliphatic rings. The Morgan fingerprint density at radius 1 is 0.397 bits per heavy atom. The molecule has 0 fully saturated rings. The number of nitrogens with zero attached hydrogens (tertiary/aromatic N) is 3.